The van der Waals surface area contributed by atoms with E-state index < -0.39 is 17.6 Å². The summed E-state index contributed by atoms with van der Waals surface area (Å²) in [4.78, 5) is 32.9. The number of hydrogen-bond donors (Lipinski definition) is 1. The van der Waals surface area contributed by atoms with Crippen molar-refractivity contribution in [3.05, 3.63) is 68.1 Å². The normalized spacial score (nSPS) is 10.8. The first-order chi connectivity index (χ1) is 16.0. The van der Waals surface area contributed by atoms with Gasteiger partial charge in [0, 0.05) is 38.2 Å². The van der Waals surface area contributed by atoms with Crippen molar-refractivity contribution < 1.29 is 42.5 Å². The number of carboxylic acids is 1. The van der Waals surface area contributed by atoms with Crippen LogP contribution in [0.15, 0.2) is 45.3 Å². The van der Waals surface area contributed by atoms with E-state index in [0.717, 1.165) is 6.07 Å². The van der Waals surface area contributed by atoms with Gasteiger partial charge in [-0.05, 0) is 62.2 Å². The number of methoxy groups -OCH3 is 3. The zero-order valence-corrected chi connectivity index (χ0v) is 21.9. The van der Waals surface area contributed by atoms with E-state index in [-0.39, 0.29) is 47.7 Å². The highest BCUT2D eigenvalue weighted by molar-refractivity contribution is 9.10. The van der Waals surface area contributed by atoms with Gasteiger partial charge in [-0.1, -0.05) is 6.07 Å². The molecule has 0 saturated heterocycles. The minimum Gasteiger partial charge on any atom is -0.481 e. The van der Waals surface area contributed by atoms with Gasteiger partial charge in [0.05, 0.1) is 28.9 Å². The number of halogens is 4. The number of esters is 1. The molecule has 11 heteroatoms. The molecule has 0 aliphatic carbocycles. The van der Waals surface area contributed by atoms with Crippen molar-refractivity contribution in [2.75, 3.05) is 21.3 Å². The molecule has 1 N–H and O–H groups in total. The standard InChI is InChI=1S/C13H16BrFO4.C10H8BrFO3/c1-17-12(16)6-7-13(18-2,19-3)9-4-5-11(15)10(14)8-9;11-7-5-6(1-2-8(7)12)9(13)3-4-10(14)15/h4-5,8H,6-7H2,1-3H3;1-2,5H,3-4H2,(H,14,15). The van der Waals surface area contributed by atoms with E-state index in [4.69, 9.17) is 14.6 Å². The van der Waals surface area contributed by atoms with Crippen LogP contribution in [0.2, 0.25) is 0 Å². The highest BCUT2D eigenvalue weighted by atomic mass is 79.9. The van der Waals surface area contributed by atoms with E-state index in [2.05, 4.69) is 36.6 Å². The second kappa shape index (κ2) is 14.2. The Morgan fingerprint density at radius 3 is 1.91 bits per heavy atom. The molecule has 0 spiro atoms. The van der Waals surface area contributed by atoms with Gasteiger partial charge in [0.25, 0.3) is 0 Å². The first-order valence-corrected chi connectivity index (χ1v) is 11.4. The predicted octanol–water partition coefficient (Wildman–Crippen LogP) is 5.62. The summed E-state index contributed by atoms with van der Waals surface area (Å²) in [6.07, 6.45) is 0.110. The van der Waals surface area contributed by atoms with Crippen LogP contribution in [0.4, 0.5) is 8.78 Å². The Bertz CT molecular complexity index is 1010. The van der Waals surface area contributed by atoms with Gasteiger partial charge in [-0.15, -0.1) is 0 Å². The number of hydrogen-bond acceptors (Lipinski definition) is 6. The summed E-state index contributed by atoms with van der Waals surface area (Å²) in [6, 6.07) is 8.29. The fraction of sp³-hybridized carbons (Fsp3) is 0.348. The molecule has 0 bridgehead atoms. The molecule has 2 rings (SSSR count). The Hall–Kier alpha value is -2.21. The minimum atomic E-state index is -1.11. The molecule has 0 amide bonds. The highest BCUT2D eigenvalue weighted by Gasteiger charge is 2.33. The number of carboxylic acid groups (broad SMARTS) is 1. The molecule has 2 aromatic rings. The number of ketones is 1. The SMILES string of the molecule is COC(=O)CCC(OC)(OC)c1ccc(F)c(Br)c1.O=C(O)CCC(=O)c1ccc(F)c(Br)c1. The van der Waals surface area contributed by atoms with Crippen LogP contribution in [-0.2, 0) is 29.6 Å². The van der Waals surface area contributed by atoms with Crippen LogP contribution in [-0.4, -0.2) is 44.2 Å². The molecular formula is C23H24Br2F2O7. The summed E-state index contributed by atoms with van der Waals surface area (Å²) in [5.41, 5.74) is 0.930. The van der Waals surface area contributed by atoms with Crippen molar-refractivity contribution >= 4 is 49.6 Å². The molecule has 0 heterocycles. The van der Waals surface area contributed by atoms with Gasteiger partial charge in [0.2, 0.25) is 0 Å². The fourth-order valence-electron chi connectivity index (χ4n) is 2.80. The number of rotatable bonds is 10. The lowest BCUT2D eigenvalue weighted by molar-refractivity contribution is -0.222. The van der Waals surface area contributed by atoms with Crippen molar-refractivity contribution in [3.8, 4) is 0 Å². The summed E-state index contributed by atoms with van der Waals surface area (Å²) in [6.45, 7) is 0. The Morgan fingerprint density at radius 2 is 1.44 bits per heavy atom. The Kier molecular flexibility index (Phi) is 12.5. The number of Topliss-reactive ketones (excluding diaryl/α,β-unsaturated/α-hetero) is 1. The first kappa shape index (κ1) is 29.8. The monoisotopic (exact) mass is 608 g/mol. The molecular weight excluding hydrogens is 586 g/mol. The van der Waals surface area contributed by atoms with Gasteiger partial charge in [-0.2, -0.15) is 0 Å². The van der Waals surface area contributed by atoms with Crippen molar-refractivity contribution in [1.29, 1.82) is 0 Å². The van der Waals surface area contributed by atoms with Gasteiger partial charge >= 0.3 is 11.9 Å². The predicted molar refractivity (Wildman–Crippen MR) is 126 cm³/mol. The summed E-state index contributed by atoms with van der Waals surface area (Å²) >= 11 is 6.06. The minimum absolute atomic E-state index is 0.0760. The average molecular weight is 610 g/mol. The third-order valence-electron chi connectivity index (χ3n) is 4.71. The molecule has 0 aromatic heterocycles. The number of ether oxygens (including phenoxy) is 3. The van der Waals surface area contributed by atoms with Crippen LogP contribution in [0.5, 0.6) is 0 Å². The van der Waals surface area contributed by atoms with E-state index in [9.17, 15) is 23.2 Å². The maximum atomic E-state index is 13.3. The molecule has 7 nitrogen and oxygen atoms in total. The quantitative estimate of drug-likeness (QED) is 0.212. The van der Waals surface area contributed by atoms with Crippen LogP contribution in [0.1, 0.15) is 41.6 Å². The van der Waals surface area contributed by atoms with Crippen LogP contribution in [0, 0.1) is 11.6 Å². The van der Waals surface area contributed by atoms with Gasteiger partial charge in [-0.3, -0.25) is 14.4 Å². The molecule has 0 radical (unpaired) electrons. The van der Waals surface area contributed by atoms with Crippen molar-refractivity contribution in [2.45, 2.75) is 31.5 Å². The molecule has 0 unspecified atom stereocenters. The smallest absolute Gasteiger partial charge is 0.305 e. The van der Waals surface area contributed by atoms with E-state index >= 15 is 0 Å². The summed E-state index contributed by atoms with van der Waals surface area (Å²) < 4.78 is 42.0. The van der Waals surface area contributed by atoms with Crippen LogP contribution in [0.25, 0.3) is 0 Å². The molecule has 186 valence electrons. The van der Waals surface area contributed by atoms with Crippen molar-refractivity contribution in [3.63, 3.8) is 0 Å². The zero-order chi connectivity index (χ0) is 25.9. The van der Waals surface area contributed by atoms with Gasteiger partial charge in [0.1, 0.15) is 11.6 Å². The highest BCUT2D eigenvalue weighted by Crippen LogP contribution is 2.33. The van der Waals surface area contributed by atoms with E-state index in [0.29, 0.717) is 15.6 Å². The summed E-state index contributed by atoms with van der Waals surface area (Å²) in [5, 5.41) is 8.39. The molecule has 0 aliphatic rings. The van der Waals surface area contributed by atoms with Gasteiger partial charge < -0.3 is 19.3 Å². The fourth-order valence-corrected chi connectivity index (χ4v) is 3.56. The Balaban J connectivity index is 0.000000350. The largest absolute Gasteiger partial charge is 0.481 e. The second-order valence-electron chi connectivity index (χ2n) is 6.81. The molecule has 0 aliphatic heterocycles. The maximum absolute atomic E-state index is 13.3. The lowest BCUT2D eigenvalue weighted by Crippen LogP contribution is -2.31. The number of benzene rings is 2. The van der Waals surface area contributed by atoms with Gasteiger partial charge in [-0.25, -0.2) is 8.78 Å². The van der Waals surface area contributed by atoms with Crippen molar-refractivity contribution in [2.24, 2.45) is 0 Å². The maximum Gasteiger partial charge on any atom is 0.305 e. The number of aliphatic carboxylic acids is 1. The van der Waals surface area contributed by atoms with E-state index in [1.165, 1.54) is 39.5 Å². The summed E-state index contributed by atoms with van der Waals surface area (Å²) in [5.74, 6) is -3.63. The van der Waals surface area contributed by atoms with E-state index in [1.807, 2.05) is 0 Å². The third kappa shape index (κ3) is 8.86. The molecule has 0 atom stereocenters. The molecule has 0 saturated carbocycles. The number of carbonyl (C=O) groups excluding carboxylic acids is 2. The topological polar surface area (TPSA) is 99.1 Å². The van der Waals surface area contributed by atoms with Crippen LogP contribution >= 0.6 is 31.9 Å². The van der Waals surface area contributed by atoms with E-state index in [1.54, 1.807) is 12.1 Å². The molecule has 0 fully saturated rings. The van der Waals surface area contributed by atoms with Crippen LogP contribution in [0.3, 0.4) is 0 Å². The van der Waals surface area contributed by atoms with Crippen LogP contribution < -0.4 is 0 Å². The second-order valence-corrected chi connectivity index (χ2v) is 8.52. The first-order valence-electron chi connectivity index (χ1n) is 9.82. The average Bonchev–Trinajstić information content (AvgIpc) is 2.82. The van der Waals surface area contributed by atoms with Crippen molar-refractivity contribution in [1.82, 2.24) is 0 Å². The lowest BCUT2D eigenvalue weighted by atomic mass is 10.0. The summed E-state index contributed by atoms with van der Waals surface area (Å²) in [7, 11) is 4.26. The molecule has 34 heavy (non-hydrogen) atoms. The zero-order valence-electron chi connectivity index (χ0n) is 18.7. The third-order valence-corrected chi connectivity index (χ3v) is 5.93. The molecule has 2 aromatic carbocycles. The number of carbonyl (C=O) groups is 3. The Labute approximate surface area is 212 Å². The Morgan fingerprint density at radius 1 is 0.882 bits per heavy atom. The lowest BCUT2D eigenvalue weighted by Gasteiger charge is -2.31. The van der Waals surface area contributed by atoms with Gasteiger partial charge in [0.15, 0.2) is 11.6 Å².